The molecule has 0 saturated heterocycles. The number of hydrogen-bond acceptors (Lipinski definition) is 3. The number of carbonyl (C=O) groups excluding carboxylic acids is 1. The van der Waals surface area contributed by atoms with Crippen LogP contribution >= 0.6 is 11.6 Å². The molecule has 0 saturated carbocycles. The molecular weight excluding hydrogens is 304 g/mol. The van der Waals surface area contributed by atoms with Crippen molar-refractivity contribution < 1.29 is 14.7 Å². The normalized spacial score (nSPS) is 21.0. The summed E-state index contributed by atoms with van der Waals surface area (Å²) in [5.74, 6) is -1.03. The molecule has 0 bridgehead atoms. The highest BCUT2D eigenvalue weighted by Crippen LogP contribution is 2.31. The highest BCUT2D eigenvalue weighted by Gasteiger charge is 2.42. The molecule has 0 aliphatic carbocycles. The summed E-state index contributed by atoms with van der Waals surface area (Å²) in [5, 5.41) is 12.6. The molecule has 1 heterocycles. The number of carboxylic acids is 1. The number of nitrogens with zero attached hydrogens (tertiary/aromatic N) is 1. The zero-order chi connectivity index (χ0) is 16.8. The van der Waals surface area contributed by atoms with Gasteiger partial charge in [-0.3, -0.25) is 9.79 Å². The van der Waals surface area contributed by atoms with Crippen LogP contribution in [-0.2, 0) is 4.79 Å². The van der Waals surface area contributed by atoms with Crippen LogP contribution in [0.5, 0.6) is 0 Å². The topological polar surface area (TPSA) is 78.8 Å². The minimum atomic E-state index is -1.09. The number of halogens is 1. The Morgan fingerprint density at radius 3 is 2.45 bits per heavy atom. The van der Waals surface area contributed by atoms with Crippen molar-refractivity contribution in [3.8, 4) is 0 Å². The number of hydrogen-bond donors (Lipinski definition) is 2. The molecule has 118 valence electrons. The lowest BCUT2D eigenvalue weighted by Crippen LogP contribution is -2.41. The van der Waals surface area contributed by atoms with Gasteiger partial charge in [-0.15, -0.1) is 0 Å². The lowest BCUT2D eigenvalue weighted by molar-refractivity contribution is -0.124. The van der Waals surface area contributed by atoms with E-state index in [4.69, 9.17) is 11.6 Å². The Bertz CT molecular complexity index is 710. The van der Waals surface area contributed by atoms with Crippen LogP contribution < -0.4 is 5.32 Å². The van der Waals surface area contributed by atoms with Gasteiger partial charge in [-0.05, 0) is 43.9 Å². The van der Waals surface area contributed by atoms with E-state index in [0.29, 0.717) is 22.0 Å². The van der Waals surface area contributed by atoms with Crippen molar-refractivity contribution in [3.05, 3.63) is 33.3 Å². The SMILES string of the molecule is Cc1cc(C2=NC(C)(C(C)C)C(=O)N2)c(C(=O)O)c(C)c1Cl. The summed E-state index contributed by atoms with van der Waals surface area (Å²) in [5.41, 5.74) is 0.785. The summed E-state index contributed by atoms with van der Waals surface area (Å²) >= 11 is 6.15. The van der Waals surface area contributed by atoms with Crippen molar-refractivity contribution >= 4 is 29.3 Å². The number of aryl methyl sites for hydroxylation is 1. The standard InChI is InChI=1S/C16H19ClN2O3/c1-7(2)16(5)15(22)18-13(19-16)10-6-8(3)12(17)9(4)11(10)14(20)21/h6-7H,1-5H3,(H,20,21)(H,18,19,22). The van der Waals surface area contributed by atoms with E-state index in [9.17, 15) is 14.7 Å². The van der Waals surface area contributed by atoms with Crippen molar-refractivity contribution in [1.29, 1.82) is 0 Å². The number of aromatic carboxylic acids is 1. The maximum atomic E-state index is 12.2. The molecule has 2 rings (SSSR count). The highest BCUT2D eigenvalue weighted by molar-refractivity contribution is 6.33. The number of rotatable bonds is 3. The van der Waals surface area contributed by atoms with E-state index in [2.05, 4.69) is 10.3 Å². The van der Waals surface area contributed by atoms with Crippen molar-refractivity contribution in [2.75, 3.05) is 0 Å². The van der Waals surface area contributed by atoms with Crippen LogP contribution in [0.25, 0.3) is 0 Å². The minimum Gasteiger partial charge on any atom is -0.478 e. The number of amides is 1. The van der Waals surface area contributed by atoms with Crippen LogP contribution in [0.1, 0.15) is 47.8 Å². The van der Waals surface area contributed by atoms with Crippen LogP contribution in [0.3, 0.4) is 0 Å². The molecule has 1 unspecified atom stereocenters. The van der Waals surface area contributed by atoms with Crippen molar-refractivity contribution in [2.24, 2.45) is 10.9 Å². The Morgan fingerprint density at radius 1 is 1.41 bits per heavy atom. The fraction of sp³-hybridized carbons (Fsp3) is 0.438. The number of carboxylic acid groups (broad SMARTS) is 1. The Morgan fingerprint density at radius 2 is 2.00 bits per heavy atom. The van der Waals surface area contributed by atoms with Gasteiger partial charge in [0, 0.05) is 10.6 Å². The summed E-state index contributed by atoms with van der Waals surface area (Å²) in [7, 11) is 0. The van der Waals surface area contributed by atoms with Gasteiger partial charge in [-0.1, -0.05) is 25.4 Å². The summed E-state index contributed by atoms with van der Waals surface area (Å²) in [6.07, 6.45) is 0. The average Bonchev–Trinajstić information content (AvgIpc) is 2.72. The van der Waals surface area contributed by atoms with E-state index in [-0.39, 0.29) is 17.4 Å². The number of benzene rings is 1. The number of carbonyl (C=O) groups is 2. The second-order valence-electron chi connectivity index (χ2n) is 6.08. The first-order chi connectivity index (χ1) is 10.1. The summed E-state index contributed by atoms with van der Waals surface area (Å²) < 4.78 is 0. The maximum Gasteiger partial charge on any atom is 0.336 e. The lowest BCUT2D eigenvalue weighted by Gasteiger charge is -2.21. The smallest absolute Gasteiger partial charge is 0.336 e. The fourth-order valence-electron chi connectivity index (χ4n) is 2.49. The molecule has 6 heteroatoms. The molecule has 1 aromatic carbocycles. The molecule has 0 spiro atoms. The molecule has 1 aromatic rings. The third kappa shape index (κ3) is 2.39. The van der Waals surface area contributed by atoms with E-state index in [1.807, 2.05) is 13.8 Å². The first kappa shape index (κ1) is 16.5. The van der Waals surface area contributed by atoms with Crippen LogP contribution in [0.4, 0.5) is 0 Å². The Hall–Kier alpha value is -1.88. The largest absolute Gasteiger partial charge is 0.478 e. The third-order valence-corrected chi connectivity index (χ3v) is 4.89. The van der Waals surface area contributed by atoms with Gasteiger partial charge in [0.1, 0.15) is 11.4 Å². The molecule has 1 aliphatic heterocycles. The van der Waals surface area contributed by atoms with E-state index in [0.717, 1.165) is 5.56 Å². The molecular formula is C16H19ClN2O3. The third-order valence-electron chi connectivity index (χ3n) is 4.31. The Kier molecular flexibility index (Phi) is 4.04. The molecule has 0 radical (unpaired) electrons. The molecule has 0 fully saturated rings. The summed E-state index contributed by atoms with van der Waals surface area (Å²) in [6, 6.07) is 1.66. The van der Waals surface area contributed by atoms with Gasteiger partial charge in [0.15, 0.2) is 0 Å². The van der Waals surface area contributed by atoms with Gasteiger partial charge < -0.3 is 10.4 Å². The van der Waals surface area contributed by atoms with Gasteiger partial charge >= 0.3 is 5.97 Å². The zero-order valence-electron chi connectivity index (χ0n) is 13.2. The maximum absolute atomic E-state index is 12.2. The fourth-order valence-corrected chi connectivity index (χ4v) is 2.63. The molecule has 2 N–H and O–H groups in total. The van der Waals surface area contributed by atoms with Gasteiger partial charge in [0.2, 0.25) is 0 Å². The average molecular weight is 323 g/mol. The summed E-state index contributed by atoms with van der Waals surface area (Å²) in [4.78, 5) is 28.3. The van der Waals surface area contributed by atoms with Crippen molar-refractivity contribution in [2.45, 2.75) is 40.2 Å². The van der Waals surface area contributed by atoms with E-state index in [1.54, 1.807) is 26.8 Å². The molecule has 1 amide bonds. The Balaban J connectivity index is 2.69. The second kappa shape index (κ2) is 5.39. The number of aliphatic imine (C=N–C) groups is 1. The monoisotopic (exact) mass is 322 g/mol. The molecule has 5 nitrogen and oxygen atoms in total. The van der Waals surface area contributed by atoms with Gasteiger partial charge in [0.25, 0.3) is 5.91 Å². The van der Waals surface area contributed by atoms with E-state index in [1.165, 1.54) is 0 Å². The molecule has 22 heavy (non-hydrogen) atoms. The first-order valence-electron chi connectivity index (χ1n) is 7.04. The van der Waals surface area contributed by atoms with Crippen LogP contribution in [-0.4, -0.2) is 28.4 Å². The molecule has 1 aliphatic rings. The molecule has 1 atom stereocenters. The Labute approximate surface area is 134 Å². The first-order valence-corrected chi connectivity index (χ1v) is 7.42. The van der Waals surface area contributed by atoms with Crippen LogP contribution in [0.2, 0.25) is 5.02 Å². The van der Waals surface area contributed by atoms with E-state index < -0.39 is 11.5 Å². The van der Waals surface area contributed by atoms with Crippen molar-refractivity contribution in [3.63, 3.8) is 0 Å². The van der Waals surface area contributed by atoms with Gasteiger partial charge in [-0.2, -0.15) is 0 Å². The van der Waals surface area contributed by atoms with E-state index >= 15 is 0 Å². The van der Waals surface area contributed by atoms with Gasteiger partial charge in [0.05, 0.1) is 5.56 Å². The molecule has 0 aromatic heterocycles. The predicted octanol–water partition coefficient (Wildman–Crippen LogP) is 2.95. The second-order valence-corrected chi connectivity index (χ2v) is 6.45. The van der Waals surface area contributed by atoms with Crippen LogP contribution in [0.15, 0.2) is 11.1 Å². The number of amidine groups is 1. The highest BCUT2D eigenvalue weighted by atomic mass is 35.5. The predicted molar refractivity (Wildman–Crippen MR) is 85.8 cm³/mol. The zero-order valence-corrected chi connectivity index (χ0v) is 14.0. The van der Waals surface area contributed by atoms with Gasteiger partial charge in [-0.25, -0.2) is 4.79 Å². The van der Waals surface area contributed by atoms with Crippen molar-refractivity contribution in [1.82, 2.24) is 5.32 Å². The quantitative estimate of drug-likeness (QED) is 0.898. The number of nitrogens with one attached hydrogen (secondary N) is 1. The summed E-state index contributed by atoms with van der Waals surface area (Å²) in [6.45, 7) is 9.01. The lowest BCUT2D eigenvalue weighted by atomic mass is 9.89. The minimum absolute atomic E-state index is 0.00669. The van der Waals surface area contributed by atoms with Crippen LogP contribution in [0, 0.1) is 19.8 Å².